The Kier molecular flexibility index (Phi) is 10.8. The fourth-order valence-electron chi connectivity index (χ4n) is 6.11. The molecule has 15 heteroatoms. The molecule has 0 saturated carbocycles. The largest absolute Gasteiger partial charge is 0.480 e. The average Bonchev–Trinajstić information content (AvgIpc) is 3.03. The van der Waals surface area contributed by atoms with Crippen molar-refractivity contribution >= 4 is 38.5 Å². The number of rotatable bonds is 12. The van der Waals surface area contributed by atoms with Crippen LogP contribution in [-0.2, 0) is 35.6 Å². The van der Waals surface area contributed by atoms with E-state index >= 15 is 4.39 Å². The number of morpholine rings is 1. The molecule has 2 aliphatic rings. The topological polar surface area (TPSA) is 145 Å². The number of esters is 1. The van der Waals surface area contributed by atoms with Crippen molar-refractivity contribution < 1.29 is 36.6 Å². The highest BCUT2D eigenvalue weighted by molar-refractivity contribution is 7.92. The molecule has 47 heavy (non-hydrogen) atoms. The molecule has 0 aliphatic carbocycles. The summed E-state index contributed by atoms with van der Waals surface area (Å²) in [5, 5.41) is 0.484. The van der Waals surface area contributed by atoms with E-state index in [-0.39, 0.29) is 30.1 Å². The molecule has 1 aromatic carbocycles. The van der Waals surface area contributed by atoms with Crippen LogP contribution in [0.5, 0.6) is 5.88 Å². The molecule has 2 aromatic heterocycles. The Morgan fingerprint density at radius 2 is 1.85 bits per heavy atom. The number of halogens is 1. The van der Waals surface area contributed by atoms with Gasteiger partial charge in [0, 0.05) is 36.8 Å². The van der Waals surface area contributed by atoms with Gasteiger partial charge >= 0.3 is 5.97 Å². The molecule has 5 rings (SSSR count). The molecule has 0 spiro atoms. The summed E-state index contributed by atoms with van der Waals surface area (Å²) in [6.07, 6.45) is 4.25. The third kappa shape index (κ3) is 8.63. The molecule has 256 valence electrons. The lowest BCUT2D eigenvalue weighted by atomic mass is 9.82. The van der Waals surface area contributed by atoms with Crippen molar-refractivity contribution in [1.29, 1.82) is 0 Å². The van der Waals surface area contributed by atoms with Gasteiger partial charge in [-0.05, 0) is 76.4 Å². The second kappa shape index (κ2) is 14.6. The molecule has 3 aromatic rings. The van der Waals surface area contributed by atoms with Gasteiger partial charge < -0.3 is 23.8 Å². The summed E-state index contributed by atoms with van der Waals surface area (Å²) >= 11 is 0. The Bertz CT molecular complexity index is 1690. The van der Waals surface area contributed by atoms with E-state index in [0.29, 0.717) is 73.1 Å². The van der Waals surface area contributed by atoms with Gasteiger partial charge in [-0.3, -0.25) is 9.62 Å². The molecular formula is C32H43FN6O7S. The number of carbonyl (C=O) groups excluding carboxylic acids is 1. The van der Waals surface area contributed by atoms with E-state index in [1.807, 2.05) is 18.7 Å². The van der Waals surface area contributed by atoms with Crippen LogP contribution in [0.15, 0.2) is 24.4 Å². The second-order valence-corrected chi connectivity index (χ2v) is 14.1. The highest BCUT2D eigenvalue weighted by Crippen LogP contribution is 2.36. The van der Waals surface area contributed by atoms with E-state index in [0.717, 1.165) is 32.2 Å². The van der Waals surface area contributed by atoms with E-state index in [2.05, 4.69) is 14.6 Å². The number of benzene rings is 1. The summed E-state index contributed by atoms with van der Waals surface area (Å²) in [4.78, 5) is 30.3. The number of nitrogens with one attached hydrogen (secondary N) is 1. The molecule has 0 radical (unpaired) electrons. The number of sulfonamides is 1. The minimum Gasteiger partial charge on any atom is -0.480 e. The monoisotopic (exact) mass is 674 g/mol. The summed E-state index contributed by atoms with van der Waals surface area (Å²) in [5.74, 6) is -0.0125. The smallest absolute Gasteiger partial charge is 0.332 e. The van der Waals surface area contributed by atoms with Crippen molar-refractivity contribution in [3.05, 3.63) is 35.8 Å². The molecule has 2 fully saturated rings. The first-order valence-corrected chi connectivity index (χ1v) is 17.6. The number of methoxy groups -OCH3 is 1. The van der Waals surface area contributed by atoms with E-state index in [9.17, 15) is 13.2 Å². The number of carbonyl (C=O) groups is 1. The molecular weight excluding hydrogens is 631 g/mol. The number of likely N-dealkylation sites (tertiary alicyclic amines) is 1. The second-order valence-electron chi connectivity index (χ2n) is 12.3. The summed E-state index contributed by atoms with van der Waals surface area (Å²) in [6.45, 7) is 10.2. The number of fused-ring (bicyclic) bond motifs is 1. The zero-order valence-corrected chi connectivity index (χ0v) is 28.4. The Morgan fingerprint density at radius 1 is 1.13 bits per heavy atom. The van der Waals surface area contributed by atoms with Gasteiger partial charge in [0.2, 0.25) is 21.9 Å². The molecule has 0 atom stereocenters. The summed E-state index contributed by atoms with van der Waals surface area (Å²) in [5.41, 5.74) is 1.85. The van der Waals surface area contributed by atoms with Crippen LogP contribution in [0, 0.1) is 11.7 Å². The zero-order valence-electron chi connectivity index (χ0n) is 27.5. The van der Waals surface area contributed by atoms with Crippen LogP contribution < -0.4 is 14.4 Å². The Labute approximate surface area is 274 Å². The van der Waals surface area contributed by atoms with Crippen molar-refractivity contribution in [1.82, 2.24) is 19.9 Å². The van der Waals surface area contributed by atoms with Gasteiger partial charge in [-0.15, -0.1) is 0 Å². The maximum atomic E-state index is 15.4. The zero-order chi connectivity index (χ0) is 33.8. The quantitative estimate of drug-likeness (QED) is 0.280. The lowest BCUT2D eigenvalue weighted by Crippen LogP contribution is -2.44. The minimum atomic E-state index is -3.65. The van der Waals surface area contributed by atoms with Crippen LogP contribution in [0.25, 0.3) is 22.2 Å². The lowest BCUT2D eigenvalue weighted by molar-refractivity contribution is -0.158. The van der Waals surface area contributed by atoms with Crippen molar-refractivity contribution in [2.75, 3.05) is 75.6 Å². The van der Waals surface area contributed by atoms with Crippen molar-refractivity contribution in [3.63, 3.8) is 0 Å². The highest BCUT2D eigenvalue weighted by atomic mass is 32.2. The number of aromatic nitrogens is 3. The first-order valence-electron chi connectivity index (χ1n) is 15.7. The molecule has 1 N–H and O–H groups in total. The standard InChI is InChI=1S/C32H43FN6O7S/c1-6-45-27(40)20-46-32(2,3)23-7-9-38(10-8-23)19-22-15-24(33)17-25-28(35-31(36-29(22)25)39-11-13-44-14-12-39)21-16-26(37-47(5,41)42)30(43-4)34-18-21/h15-18,23,37H,6-14,19-20H2,1-5H3. The number of hydrogen-bond acceptors (Lipinski definition) is 12. The summed E-state index contributed by atoms with van der Waals surface area (Å²) < 4.78 is 63.8. The Morgan fingerprint density at radius 3 is 2.51 bits per heavy atom. The van der Waals surface area contributed by atoms with Crippen LogP contribution in [0.4, 0.5) is 16.0 Å². The predicted molar refractivity (Wildman–Crippen MR) is 175 cm³/mol. The van der Waals surface area contributed by atoms with E-state index in [4.69, 9.17) is 28.9 Å². The van der Waals surface area contributed by atoms with Crippen molar-refractivity contribution in [2.45, 2.75) is 45.8 Å². The van der Waals surface area contributed by atoms with Crippen molar-refractivity contribution in [3.8, 4) is 17.1 Å². The van der Waals surface area contributed by atoms with Crippen LogP contribution in [0.2, 0.25) is 0 Å². The number of hydrogen-bond donors (Lipinski definition) is 1. The third-order valence-corrected chi connectivity index (χ3v) is 9.16. The van der Waals surface area contributed by atoms with Gasteiger partial charge in [0.15, 0.2) is 0 Å². The number of ether oxygens (including phenoxy) is 4. The number of piperidine rings is 1. The van der Waals surface area contributed by atoms with Crippen molar-refractivity contribution in [2.24, 2.45) is 5.92 Å². The number of anilines is 2. The predicted octanol–water partition coefficient (Wildman–Crippen LogP) is 3.62. The van der Waals surface area contributed by atoms with Crippen LogP contribution >= 0.6 is 0 Å². The van der Waals surface area contributed by atoms with Crippen LogP contribution in [-0.4, -0.2) is 106 Å². The van der Waals surface area contributed by atoms with Gasteiger partial charge in [-0.2, -0.15) is 0 Å². The summed E-state index contributed by atoms with van der Waals surface area (Å²) in [7, 11) is -2.25. The summed E-state index contributed by atoms with van der Waals surface area (Å²) in [6, 6.07) is 4.50. The van der Waals surface area contributed by atoms with Crippen LogP contribution in [0.3, 0.4) is 0 Å². The molecule has 2 saturated heterocycles. The molecule has 0 unspecified atom stereocenters. The van der Waals surface area contributed by atoms with Gasteiger partial charge in [-0.25, -0.2) is 32.6 Å². The Balaban J connectivity index is 1.47. The van der Waals surface area contributed by atoms with E-state index in [1.54, 1.807) is 13.0 Å². The van der Waals surface area contributed by atoms with E-state index in [1.165, 1.54) is 25.4 Å². The SMILES string of the molecule is CCOC(=O)COC(C)(C)C1CCN(Cc2cc(F)cc3c(-c4cnc(OC)c(NS(C)(=O)=O)c4)nc(N4CCOCC4)nc23)CC1. The number of pyridine rings is 1. The number of nitrogens with zero attached hydrogens (tertiary/aromatic N) is 5. The first kappa shape index (κ1) is 34.7. The lowest BCUT2D eigenvalue weighted by Gasteiger charge is -2.40. The Hall–Kier alpha value is -3.66. The molecule has 2 aliphatic heterocycles. The normalized spacial score (nSPS) is 16.8. The first-order chi connectivity index (χ1) is 22.4. The fraction of sp³-hybridized carbons (Fsp3) is 0.562. The van der Waals surface area contributed by atoms with Gasteiger partial charge in [-0.1, -0.05) is 0 Å². The van der Waals surface area contributed by atoms with Gasteiger partial charge in [0.1, 0.15) is 18.1 Å². The molecule has 4 heterocycles. The average molecular weight is 675 g/mol. The molecule has 0 amide bonds. The highest BCUT2D eigenvalue weighted by Gasteiger charge is 2.34. The van der Waals surface area contributed by atoms with Gasteiger partial charge in [0.25, 0.3) is 0 Å². The third-order valence-electron chi connectivity index (χ3n) is 8.57. The fourth-order valence-corrected chi connectivity index (χ4v) is 6.65. The van der Waals surface area contributed by atoms with Gasteiger partial charge in [0.05, 0.1) is 50.0 Å². The van der Waals surface area contributed by atoms with Crippen LogP contribution in [0.1, 0.15) is 39.2 Å². The maximum absolute atomic E-state index is 15.4. The maximum Gasteiger partial charge on any atom is 0.332 e. The molecule has 0 bridgehead atoms. The minimum absolute atomic E-state index is 0.0840. The van der Waals surface area contributed by atoms with E-state index < -0.39 is 21.4 Å². The molecule has 13 nitrogen and oxygen atoms in total.